The molecule has 1 unspecified atom stereocenters. The Bertz CT molecular complexity index is 974. The van der Waals surface area contributed by atoms with Crippen molar-refractivity contribution in [2.24, 2.45) is 5.92 Å². The van der Waals surface area contributed by atoms with E-state index in [9.17, 15) is 19.5 Å². The number of aliphatic hydroxyl groups excluding tert-OH is 1. The number of carboxylic acid groups (broad SMARTS) is 1. The average Bonchev–Trinajstić information content (AvgIpc) is 3.09. The van der Waals surface area contributed by atoms with Crippen LogP contribution in [0, 0.1) is 5.92 Å². The normalized spacial score (nSPS) is 15.2. The molecule has 0 aliphatic heterocycles. The minimum absolute atomic E-state index is 0.0775. The summed E-state index contributed by atoms with van der Waals surface area (Å²) in [5.41, 5.74) is 4.46. The van der Waals surface area contributed by atoms with E-state index in [4.69, 9.17) is 9.84 Å². The number of amides is 2. The predicted octanol–water partition coefficient (Wildman–Crippen LogP) is 2.89. The summed E-state index contributed by atoms with van der Waals surface area (Å²) in [6.45, 7) is 5.12. The summed E-state index contributed by atoms with van der Waals surface area (Å²) < 4.78 is 5.54. The average molecular weight is 455 g/mol. The highest BCUT2D eigenvalue weighted by atomic mass is 16.5. The van der Waals surface area contributed by atoms with Gasteiger partial charge < -0.3 is 25.6 Å². The molecular weight excluding hydrogens is 424 g/mol. The summed E-state index contributed by atoms with van der Waals surface area (Å²) in [4.78, 5) is 36.1. The second kappa shape index (κ2) is 10.5. The molecule has 0 saturated carbocycles. The van der Waals surface area contributed by atoms with Crippen LogP contribution in [0.3, 0.4) is 0 Å². The van der Waals surface area contributed by atoms with E-state index in [0.29, 0.717) is 0 Å². The molecule has 176 valence electrons. The molecule has 8 heteroatoms. The lowest BCUT2D eigenvalue weighted by atomic mass is 9.98. The zero-order valence-electron chi connectivity index (χ0n) is 18.9. The van der Waals surface area contributed by atoms with E-state index in [-0.39, 0.29) is 24.9 Å². The number of benzene rings is 2. The lowest BCUT2D eigenvalue weighted by molar-refractivity contribution is -0.144. The van der Waals surface area contributed by atoms with Crippen molar-refractivity contribution in [2.45, 2.75) is 51.3 Å². The Morgan fingerprint density at radius 2 is 1.48 bits per heavy atom. The van der Waals surface area contributed by atoms with Gasteiger partial charge >= 0.3 is 12.1 Å². The van der Waals surface area contributed by atoms with Gasteiger partial charge in [0.05, 0.1) is 6.10 Å². The second-order valence-electron chi connectivity index (χ2n) is 8.65. The van der Waals surface area contributed by atoms with Crippen molar-refractivity contribution >= 4 is 18.0 Å². The van der Waals surface area contributed by atoms with E-state index in [2.05, 4.69) is 22.8 Å². The third-order valence-corrected chi connectivity index (χ3v) is 5.92. The van der Waals surface area contributed by atoms with Gasteiger partial charge in [0, 0.05) is 18.4 Å². The number of hydrogen-bond acceptors (Lipinski definition) is 5. The molecule has 2 amide bonds. The smallest absolute Gasteiger partial charge is 0.407 e. The Morgan fingerprint density at radius 1 is 0.939 bits per heavy atom. The van der Waals surface area contributed by atoms with E-state index in [1.807, 2.05) is 50.2 Å². The number of aliphatic hydroxyl groups is 1. The summed E-state index contributed by atoms with van der Waals surface area (Å²) in [6.07, 6.45) is -2.04. The van der Waals surface area contributed by atoms with Crippen LogP contribution in [0.25, 0.3) is 11.1 Å². The van der Waals surface area contributed by atoms with Crippen molar-refractivity contribution in [3.63, 3.8) is 0 Å². The van der Waals surface area contributed by atoms with E-state index in [0.717, 1.165) is 22.3 Å². The van der Waals surface area contributed by atoms with Crippen LogP contribution in [0.1, 0.15) is 44.2 Å². The molecule has 3 rings (SSSR count). The SMILES string of the molecule is CC(C)C(CC(=O)N[C@H](C(=O)O)[C@@H](C)O)NC(=O)OCC1c2ccccc2-c2ccccc21. The molecule has 0 radical (unpaired) electrons. The van der Waals surface area contributed by atoms with Gasteiger partial charge in [-0.2, -0.15) is 0 Å². The molecule has 0 bridgehead atoms. The summed E-state index contributed by atoms with van der Waals surface area (Å²) in [5, 5.41) is 23.7. The summed E-state index contributed by atoms with van der Waals surface area (Å²) >= 11 is 0. The molecule has 0 fully saturated rings. The summed E-state index contributed by atoms with van der Waals surface area (Å²) in [7, 11) is 0. The van der Waals surface area contributed by atoms with E-state index in [1.165, 1.54) is 6.92 Å². The first kappa shape index (κ1) is 24.3. The van der Waals surface area contributed by atoms with Crippen molar-refractivity contribution in [1.82, 2.24) is 10.6 Å². The molecule has 2 aromatic rings. The second-order valence-corrected chi connectivity index (χ2v) is 8.65. The van der Waals surface area contributed by atoms with Crippen molar-refractivity contribution in [3.8, 4) is 11.1 Å². The Morgan fingerprint density at radius 3 is 1.97 bits per heavy atom. The van der Waals surface area contributed by atoms with Crippen LogP contribution in [0.4, 0.5) is 4.79 Å². The highest BCUT2D eigenvalue weighted by molar-refractivity contribution is 5.84. The fraction of sp³-hybridized carbons (Fsp3) is 0.400. The number of hydrogen-bond donors (Lipinski definition) is 4. The van der Waals surface area contributed by atoms with Crippen LogP contribution < -0.4 is 10.6 Å². The highest BCUT2D eigenvalue weighted by Crippen LogP contribution is 2.44. The molecule has 0 spiro atoms. The van der Waals surface area contributed by atoms with Gasteiger partial charge in [-0.05, 0) is 35.1 Å². The topological polar surface area (TPSA) is 125 Å². The van der Waals surface area contributed by atoms with Crippen LogP contribution >= 0.6 is 0 Å². The first-order chi connectivity index (χ1) is 15.7. The monoisotopic (exact) mass is 454 g/mol. The molecule has 4 N–H and O–H groups in total. The van der Waals surface area contributed by atoms with Gasteiger partial charge in [-0.1, -0.05) is 62.4 Å². The van der Waals surface area contributed by atoms with Crippen molar-refractivity contribution in [1.29, 1.82) is 0 Å². The highest BCUT2D eigenvalue weighted by Gasteiger charge is 2.30. The maximum atomic E-state index is 12.6. The van der Waals surface area contributed by atoms with Crippen LogP contribution in [0.5, 0.6) is 0 Å². The zero-order valence-corrected chi connectivity index (χ0v) is 18.9. The van der Waals surface area contributed by atoms with Crippen LogP contribution in [-0.2, 0) is 14.3 Å². The number of alkyl carbamates (subject to hydrolysis) is 1. The first-order valence-electron chi connectivity index (χ1n) is 11.0. The number of rotatable bonds is 9. The standard InChI is InChI=1S/C25H30N2O6/c1-14(2)21(12-22(29)27-23(15(3)28)24(30)31)26-25(32)33-13-20-18-10-6-4-8-16(18)17-9-5-7-11-19(17)20/h4-11,14-15,20-21,23,28H,12-13H2,1-3H3,(H,26,32)(H,27,29)(H,30,31)/t15-,21?,23+/m1/s1. The fourth-order valence-electron chi connectivity index (χ4n) is 4.07. The zero-order chi connectivity index (χ0) is 24.1. The fourth-order valence-corrected chi connectivity index (χ4v) is 4.07. The Hall–Kier alpha value is -3.39. The summed E-state index contributed by atoms with van der Waals surface area (Å²) in [5.74, 6) is -2.10. The number of nitrogens with one attached hydrogen (secondary N) is 2. The van der Waals surface area contributed by atoms with Gasteiger partial charge in [-0.3, -0.25) is 4.79 Å². The molecule has 1 aliphatic rings. The van der Waals surface area contributed by atoms with Crippen molar-refractivity contribution in [3.05, 3.63) is 59.7 Å². The lowest BCUT2D eigenvalue weighted by Crippen LogP contribution is -2.50. The molecule has 0 heterocycles. The van der Waals surface area contributed by atoms with Gasteiger partial charge in [0.15, 0.2) is 6.04 Å². The maximum absolute atomic E-state index is 12.6. The lowest BCUT2D eigenvalue weighted by Gasteiger charge is -2.24. The first-order valence-corrected chi connectivity index (χ1v) is 11.0. The minimum atomic E-state index is -1.42. The quantitative estimate of drug-likeness (QED) is 0.462. The molecular formula is C25H30N2O6. The van der Waals surface area contributed by atoms with Gasteiger partial charge in [-0.25, -0.2) is 9.59 Å². The molecule has 2 aromatic carbocycles. The molecule has 33 heavy (non-hydrogen) atoms. The van der Waals surface area contributed by atoms with Crippen LogP contribution in [0.2, 0.25) is 0 Å². The third kappa shape index (κ3) is 5.70. The van der Waals surface area contributed by atoms with E-state index < -0.39 is 36.2 Å². The number of carbonyl (C=O) groups is 3. The van der Waals surface area contributed by atoms with Crippen molar-refractivity contribution < 1.29 is 29.3 Å². The molecule has 0 saturated heterocycles. The van der Waals surface area contributed by atoms with E-state index >= 15 is 0 Å². The molecule has 8 nitrogen and oxygen atoms in total. The molecule has 1 aliphatic carbocycles. The Balaban J connectivity index is 1.61. The Kier molecular flexibility index (Phi) is 7.71. The van der Waals surface area contributed by atoms with Gasteiger partial charge in [-0.15, -0.1) is 0 Å². The Labute approximate surface area is 193 Å². The third-order valence-electron chi connectivity index (χ3n) is 5.92. The minimum Gasteiger partial charge on any atom is -0.480 e. The maximum Gasteiger partial charge on any atom is 0.407 e. The van der Waals surface area contributed by atoms with Crippen LogP contribution in [0.15, 0.2) is 48.5 Å². The van der Waals surface area contributed by atoms with E-state index in [1.54, 1.807) is 0 Å². The predicted molar refractivity (Wildman–Crippen MR) is 123 cm³/mol. The molecule has 0 aromatic heterocycles. The van der Waals surface area contributed by atoms with Crippen molar-refractivity contribution in [2.75, 3.05) is 6.61 Å². The van der Waals surface area contributed by atoms with Gasteiger partial charge in [0.1, 0.15) is 6.61 Å². The summed E-state index contributed by atoms with van der Waals surface area (Å²) in [6, 6.07) is 14.1. The number of ether oxygens (including phenoxy) is 1. The largest absolute Gasteiger partial charge is 0.480 e. The number of fused-ring (bicyclic) bond motifs is 3. The number of carbonyl (C=O) groups excluding carboxylic acids is 2. The number of carboxylic acids is 1. The molecule has 3 atom stereocenters. The number of aliphatic carboxylic acids is 1. The van der Waals surface area contributed by atoms with Gasteiger partial charge in [0.2, 0.25) is 5.91 Å². The van der Waals surface area contributed by atoms with Gasteiger partial charge in [0.25, 0.3) is 0 Å². The van der Waals surface area contributed by atoms with Crippen LogP contribution in [-0.4, -0.2) is 53.0 Å².